The molecule has 3 aliphatic rings. The van der Waals surface area contributed by atoms with E-state index in [-0.39, 0.29) is 25.0 Å². The number of fused-ring (bicyclic) bond motifs is 1. The maximum atomic E-state index is 14.5. The van der Waals surface area contributed by atoms with Gasteiger partial charge in [-0.1, -0.05) is 18.9 Å². The molecule has 214 valence electrons. The van der Waals surface area contributed by atoms with Crippen LogP contribution in [0, 0.1) is 11.8 Å². The number of benzene rings is 1. The molecule has 3 saturated heterocycles. The Morgan fingerprint density at radius 3 is 2.33 bits per heavy atom. The molecule has 9 nitrogen and oxygen atoms in total. The van der Waals surface area contributed by atoms with Gasteiger partial charge in [0, 0.05) is 44.2 Å². The molecule has 0 aromatic heterocycles. The number of anilines is 2. The maximum Gasteiger partial charge on any atom is 0.310 e. The normalized spacial score (nSPS) is 29.0. The van der Waals surface area contributed by atoms with Gasteiger partial charge < -0.3 is 29.6 Å². The highest BCUT2D eigenvalue weighted by Gasteiger charge is 2.78. The van der Waals surface area contributed by atoms with Crippen LogP contribution in [0.1, 0.15) is 59.3 Å². The molecule has 1 aromatic carbocycles. The Bertz CT molecular complexity index is 1070. The van der Waals surface area contributed by atoms with E-state index < -0.39 is 35.0 Å². The lowest BCUT2D eigenvalue weighted by atomic mass is 9.66. The SMILES string of the molecule is C=CCN(C(=O)C1N(CCCCCCO)C(=O)[C@@H]2[C@H](C(=O)O)[C@]3(C)CCC12O3)c1ccc(N(CC)CC)cc1. The number of aliphatic hydroxyl groups is 1. The molecule has 9 heteroatoms. The van der Waals surface area contributed by atoms with Crippen molar-refractivity contribution in [2.24, 2.45) is 11.8 Å². The summed E-state index contributed by atoms with van der Waals surface area (Å²) in [6.45, 7) is 12.3. The van der Waals surface area contributed by atoms with Gasteiger partial charge in [0.05, 0.1) is 17.4 Å². The Labute approximate surface area is 231 Å². The Balaban J connectivity index is 1.70. The topological polar surface area (TPSA) is 111 Å². The molecule has 2 unspecified atom stereocenters. The number of ether oxygens (including phenoxy) is 1. The number of carbonyl (C=O) groups excluding carboxylic acids is 2. The molecule has 0 radical (unpaired) electrons. The van der Waals surface area contributed by atoms with Gasteiger partial charge in [0.25, 0.3) is 5.91 Å². The molecule has 3 heterocycles. The summed E-state index contributed by atoms with van der Waals surface area (Å²) < 4.78 is 6.51. The van der Waals surface area contributed by atoms with Crippen molar-refractivity contribution >= 4 is 29.2 Å². The van der Waals surface area contributed by atoms with Crippen molar-refractivity contribution in [3.63, 3.8) is 0 Å². The second kappa shape index (κ2) is 11.7. The van der Waals surface area contributed by atoms with Crippen LogP contribution in [0.25, 0.3) is 0 Å². The van der Waals surface area contributed by atoms with Crippen LogP contribution in [-0.2, 0) is 19.1 Å². The van der Waals surface area contributed by atoms with E-state index in [0.717, 1.165) is 31.6 Å². The zero-order valence-electron chi connectivity index (χ0n) is 23.5. The first kappa shape index (κ1) is 29.1. The number of aliphatic hydroxyl groups excluding tert-OH is 1. The smallest absolute Gasteiger partial charge is 0.310 e. The number of hydrogen-bond acceptors (Lipinski definition) is 6. The van der Waals surface area contributed by atoms with Gasteiger partial charge in [0.2, 0.25) is 5.91 Å². The Hall–Kier alpha value is -2.91. The monoisotopic (exact) mass is 541 g/mol. The van der Waals surface area contributed by atoms with Crippen molar-refractivity contribution in [2.45, 2.75) is 76.5 Å². The van der Waals surface area contributed by atoms with Gasteiger partial charge in [0.1, 0.15) is 11.6 Å². The number of carbonyl (C=O) groups is 3. The number of carboxylic acids is 1. The molecular weight excluding hydrogens is 498 g/mol. The zero-order valence-corrected chi connectivity index (χ0v) is 23.5. The fourth-order valence-corrected chi connectivity index (χ4v) is 7.10. The van der Waals surface area contributed by atoms with Crippen LogP contribution in [0.2, 0.25) is 0 Å². The average Bonchev–Trinajstić information content (AvgIpc) is 3.48. The highest BCUT2D eigenvalue weighted by Crippen LogP contribution is 2.63. The van der Waals surface area contributed by atoms with E-state index in [1.807, 2.05) is 24.3 Å². The van der Waals surface area contributed by atoms with E-state index in [2.05, 4.69) is 25.3 Å². The molecule has 3 aliphatic heterocycles. The summed E-state index contributed by atoms with van der Waals surface area (Å²) in [4.78, 5) is 46.2. The fraction of sp³-hybridized carbons (Fsp3) is 0.633. The zero-order chi connectivity index (χ0) is 28.4. The van der Waals surface area contributed by atoms with Gasteiger partial charge in [0.15, 0.2) is 0 Å². The number of amides is 2. The molecule has 0 aliphatic carbocycles. The second-order valence-electron chi connectivity index (χ2n) is 11.2. The number of aliphatic carboxylic acids is 1. The van der Waals surface area contributed by atoms with Crippen LogP contribution in [-0.4, -0.2) is 82.9 Å². The lowest BCUT2D eigenvalue weighted by Crippen LogP contribution is -2.56. The van der Waals surface area contributed by atoms with Gasteiger partial charge in [-0.3, -0.25) is 14.4 Å². The molecule has 1 aromatic rings. The average molecular weight is 542 g/mol. The largest absolute Gasteiger partial charge is 0.481 e. The minimum absolute atomic E-state index is 0.116. The molecule has 4 rings (SSSR count). The number of carboxylic acid groups (broad SMARTS) is 1. The minimum atomic E-state index is -1.17. The first-order valence-corrected chi connectivity index (χ1v) is 14.3. The van der Waals surface area contributed by atoms with E-state index in [1.165, 1.54) is 0 Å². The third kappa shape index (κ3) is 4.95. The molecule has 2 bridgehead atoms. The maximum absolute atomic E-state index is 14.5. The van der Waals surface area contributed by atoms with Crippen LogP contribution in [0.15, 0.2) is 36.9 Å². The Morgan fingerprint density at radius 1 is 1.10 bits per heavy atom. The lowest BCUT2D eigenvalue weighted by Gasteiger charge is -2.37. The van der Waals surface area contributed by atoms with E-state index in [0.29, 0.717) is 37.9 Å². The predicted molar refractivity (Wildman–Crippen MR) is 150 cm³/mol. The van der Waals surface area contributed by atoms with Crippen molar-refractivity contribution in [1.82, 2.24) is 4.90 Å². The van der Waals surface area contributed by atoms with Crippen LogP contribution in [0.5, 0.6) is 0 Å². The summed E-state index contributed by atoms with van der Waals surface area (Å²) in [6, 6.07) is 6.89. The van der Waals surface area contributed by atoms with E-state index in [9.17, 15) is 19.5 Å². The highest BCUT2D eigenvalue weighted by atomic mass is 16.5. The van der Waals surface area contributed by atoms with Crippen LogP contribution in [0.3, 0.4) is 0 Å². The first-order chi connectivity index (χ1) is 18.7. The highest BCUT2D eigenvalue weighted by molar-refractivity contribution is 6.04. The molecule has 0 saturated carbocycles. The van der Waals surface area contributed by atoms with Crippen molar-refractivity contribution in [3.8, 4) is 0 Å². The van der Waals surface area contributed by atoms with Gasteiger partial charge in [-0.2, -0.15) is 0 Å². The molecule has 1 spiro atoms. The summed E-state index contributed by atoms with van der Waals surface area (Å²) in [7, 11) is 0. The third-order valence-electron chi connectivity index (χ3n) is 8.95. The summed E-state index contributed by atoms with van der Waals surface area (Å²) >= 11 is 0. The fourth-order valence-electron chi connectivity index (χ4n) is 7.10. The molecule has 2 amide bonds. The molecular formula is C30H43N3O6. The number of hydrogen-bond donors (Lipinski definition) is 2. The van der Waals surface area contributed by atoms with Crippen LogP contribution >= 0.6 is 0 Å². The van der Waals surface area contributed by atoms with E-state index in [1.54, 1.807) is 22.8 Å². The predicted octanol–water partition coefficient (Wildman–Crippen LogP) is 3.45. The number of unbranched alkanes of at least 4 members (excludes halogenated alkanes) is 3. The molecule has 2 N–H and O–H groups in total. The first-order valence-electron chi connectivity index (χ1n) is 14.3. The summed E-state index contributed by atoms with van der Waals surface area (Å²) in [6.07, 6.45) is 5.57. The minimum Gasteiger partial charge on any atom is -0.481 e. The Kier molecular flexibility index (Phi) is 8.71. The van der Waals surface area contributed by atoms with Gasteiger partial charge in [-0.15, -0.1) is 6.58 Å². The molecule has 39 heavy (non-hydrogen) atoms. The van der Waals surface area contributed by atoms with Crippen molar-refractivity contribution < 1.29 is 29.3 Å². The van der Waals surface area contributed by atoms with Gasteiger partial charge >= 0.3 is 5.97 Å². The van der Waals surface area contributed by atoms with E-state index in [4.69, 9.17) is 9.84 Å². The lowest BCUT2D eigenvalue weighted by molar-refractivity contribution is -0.154. The molecule has 5 atom stereocenters. The van der Waals surface area contributed by atoms with Crippen molar-refractivity contribution in [2.75, 3.05) is 42.6 Å². The number of rotatable bonds is 14. The second-order valence-corrected chi connectivity index (χ2v) is 11.2. The van der Waals surface area contributed by atoms with Crippen molar-refractivity contribution in [1.29, 1.82) is 0 Å². The quantitative estimate of drug-likeness (QED) is 0.274. The van der Waals surface area contributed by atoms with Gasteiger partial charge in [-0.25, -0.2) is 0 Å². The summed E-state index contributed by atoms with van der Waals surface area (Å²) in [5.74, 6) is -3.51. The Morgan fingerprint density at radius 2 is 1.74 bits per heavy atom. The van der Waals surface area contributed by atoms with Gasteiger partial charge in [-0.05, 0) is 70.7 Å². The van der Waals surface area contributed by atoms with Crippen LogP contribution < -0.4 is 9.80 Å². The summed E-state index contributed by atoms with van der Waals surface area (Å²) in [5.41, 5.74) is -0.395. The number of nitrogens with zero attached hydrogens (tertiary/aromatic N) is 3. The van der Waals surface area contributed by atoms with E-state index >= 15 is 0 Å². The number of likely N-dealkylation sites (tertiary alicyclic amines) is 1. The van der Waals surface area contributed by atoms with Crippen molar-refractivity contribution in [3.05, 3.63) is 36.9 Å². The molecule has 3 fully saturated rings. The summed E-state index contributed by atoms with van der Waals surface area (Å²) in [5, 5.41) is 19.3. The van der Waals surface area contributed by atoms with Crippen LogP contribution in [0.4, 0.5) is 11.4 Å². The third-order valence-corrected chi connectivity index (χ3v) is 8.95. The standard InChI is InChI=1S/C30H43N3O6/c1-5-18-32(22-14-12-21(13-15-22)31(6-2)7-3)27(36)25-30-17-16-29(4,39-30)24(28(37)38)23(30)26(35)33(25)19-10-8-9-11-20-34/h5,12-15,23-25,34H,1,6-11,16-20H2,2-4H3,(H,37,38)/t23-,24+,25?,29-,30?/m0/s1.